The fraction of sp³-hybridized carbons (Fsp3) is 0.467. The number of phenolic OH excluding ortho intramolecular Hbond substituents is 1. The summed E-state index contributed by atoms with van der Waals surface area (Å²) in [4.78, 5) is 30.2. The van der Waals surface area contributed by atoms with E-state index in [4.69, 9.17) is 27.9 Å². The summed E-state index contributed by atoms with van der Waals surface area (Å²) >= 11 is -2.71. The molecule has 20 heteroatoms. The predicted molar refractivity (Wildman–Crippen MR) is 181 cm³/mol. The van der Waals surface area contributed by atoms with Gasteiger partial charge in [0, 0.05) is 75.2 Å². The van der Waals surface area contributed by atoms with Crippen LogP contribution in [-0.2, 0) is 29.0 Å². The molecule has 2 fully saturated rings. The van der Waals surface area contributed by atoms with E-state index < -0.39 is 29.1 Å². The number of rotatable bonds is 7. The standard InChI is InChI=1S/C30H39F3N12O4S/c31-30(32,33)26(47)42-6-5-16-1-3-23(7-17(16)11-42)45(50(48)49)24-4-2-22(10-25(24)46)38-27-39-28(43-12-18(34)8-19(35)13-43)41-29(40-27)44-14-20(36)9-21(37)15-44/h1-4,7,10,18-21,46H,5-6,8-9,11-15,34-37H2,(H,48,49)(H,38,39,40,41). The molecule has 5 unspecified atom stereocenters. The maximum Gasteiger partial charge on any atom is 0.471 e. The molecule has 2 aromatic carbocycles. The zero-order valence-corrected chi connectivity index (χ0v) is 27.6. The van der Waals surface area contributed by atoms with Crippen LogP contribution in [0.1, 0.15) is 24.0 Å². The summed E-state index contributed by atoms with van der Waals surface area (Å²) in [7, 11) is 0. The van der Waals surface area contributed by atoms with Crippen molar-refractivity contribution >= 4 is 52.1 Å². The minimum atomic E-state index is -5.02. The van der Waals surface area contributed by atoms with Gasteiger partial charge in [0.1, 0.15) is 5.75 Å². The highest BCUT2D eigenvalue weighted by Crippen LogP contribution is 2.38. The molecule has 1 amide bonds. The minimum absolute atomic E-state index is 0.0695. The Balaban J connectivity index is 1.28. The Morgan fingerprint density at radius 1 is 0.880 bits per heavy atom. The number of nitrogens with one attached hydrogen (secondary N) is 1. The van der Waals surface area contributed by atoms with Crippen LogP contribution in [0.5, 0.6) is 5.75 Å². The van der Waals surface area contributed by atoms with Crippen molar-refractivity contribution < 1.29 is 31.8 Å². The van der Waals surface area contributed by atoms with Crippen molar-refractivity contribution in [1.82, 2.24) is 19.9 Å². The van der Waals surface area contributed by atoms with Gasteiger partial charge in [0.15, 0.2) is 0 Å². The highest BCUT2D eigenvalue weighted by Gasteiger charge is 2.43. The Morgan fingerprint density at radius 3 is 1.98 bits per heavy atom. The summed E-state index contributed by atoms with van der Waals surface area (Å²) in [5, 5.41) is 14.2. The number of fused-ring (bicyclic) bond motifs is 1. The summed E-state index contributed by atoms with van der Waals surface area (Å²) in [6.45, 7) is 1.44. The second kappa shape index (κ2) is 14.1. The second-order valence-corrected chi connectivity index (χ2v) is 13.7. The van der Waals surface area contributed by atoms with Crippen LogP contribution >= 0.6 is 0 Å². The van der Waals surface area contributed by atoms with E-state index in [0.29, 0.717) is 72.6 Å². The molecule has 50 heavy (non-hydrogen) atoms. The molecular formula is C30H39F3N12O4S. The number of aromatic hydroxyl groups is 1. The molecule has 0 spiro atoms. The maximum atomic E-state index is 13.1. The van der Waals surface area contributed by atoms with Crippen LogP contribution in [0.4, 0.5) is 48.1 Å². The molecule has 2 saturated heterocycles. The molecule has 3 aliphatic heterocycles. The molecule has 5 atom stereocenters. The van der Waals surface area contributed by atoms with Crippen LogP contribution in [0.2, 0.25) is 0 Å². The first-order chi connectivity index (χ1) is 23.6. The number of halogens is 3. The highest BCUT2D eigenvalue weighted by molar-refractivity contribution is 7.81. The van der Waals surface area contributed by atoms with Crippen molar-refractivity contribution in [2.24, 2.45) is 22.9 Å². The van der Waals surface area contributed by atoms with E-state index in [1.54, 1.807) is 6.07 Å². The van der Waals surface area contributed by atoms with Gasteiger partial charge in [0.2, 0.25) is 17.8 Å². The van der Waals surface area contributed by atoms with Crippen molar-refractivity contribution in [2.45, 2.75) is 56.2 Å². The summed E-state index contributed by atoms with van der Waals surface area (Å²) in [6, 6.07) is 8.04. The average molecular weight is 721 g/mol. The molecule has 6 rings (SSSR count). The van der Waals surface area contributed by atoms with Crippen LogP contribution in [0.15, 0.2) is 36.4 Å². The average Bonchev–Trinajstić information content (AvgIpc) is 3.03. The van der Waals surface area contributed by atoms with Crippen molar-refractivity contribution in [1.29, 1.82) is 0 Å². The lowest BCUT2D eigenvalue weighted by Gasteiger charge is -2.37. The molecule has 4 heterocycles. The number of phenols is 1. The Kier molecular flexibility index (Phi) is 10.0. The molecule has 16 nitrogen and oxygen atoms in total. The number of nitrogens with zero attached hydrogens (tertiary/aromatic N) is 7. The molecule has 270 valence electrons. The SMILES string of the molecule is NC1CC(N)CN(c2nc(Nc3ccc(N(c4ccc5c(c4)CN(C(=O)C(F)(F)F)CC5)S(=O)O)c(O)c3)nc(N3CC(N)CC(N)C3)n2)C1. The zero-order valence-electron chi connectivity index (χ0n) is 26.8. The summed E-state index contributed by atoms with van der Waals surface area (Å²) in [6.07, 6.45) is -3.54. The van der Waals surface area contributed by atoms with Gasteiger partial charge >= 0.3 is 12.1 Å². The number of amides is 1. The van der Waals surface area contributed by atoms with Gasteiger partial charge in [-0.3, -0.25) is 9.35 Å². The molecule has 0 bridgehead atoms. The third kappa shape index (κ3) is 7.84. The molecule has 3 aromatic rings. The molecule has 3 aliphatic rings. The summed E-state index contributed by atoms with van der Waals surface area (Å²) in [5.74, 6) is -1.56. The van der Waals surface area contributed by atoms with Gasteiger partial charge in [-0.1, -0.05) is 6.07 Å². The fourth-order valence-electron chi connectivity index (χ4n) is 6.61. The maximum absolute atomic E-state index is 13.1. The number of anilines is 6. The highest BCUT2D eigenvalue weighted by atomic mass is 32.2. The lowest BCUT2D eigenvalue weighted by molar-refractivity contribution is -0.186. The second-order valence-electron chi connectivity index (χ2n) is 12.9. The number of nitrogens with two attached hydrogens (primary N) is 4. The number of alkyl halides is 3. The van der Waals surface area contributed by atoms with Crippen LogP contribution in [0.3, 0.4) is 0 Å². The van der Waals surface area contributed by atoms with E-state index in [0.717, 1.165) is 4.31 Å². The van der Waals surface area contributed by atoms with Crippen molar-refractivity contribution in [3.05, 3.63) is 47.5 Å². The Bertz CT molecular complexity index is 1710. The summed E-state index contributed by atoms with van der Waals surface area (Å²) < 4.78 is 63.0. The van der Waals surface area contributed by atoms with E-state index in [-0.39, 0.29) is 61.0 Å². The Morgan fingerprint density at radius 2 is 1.46 bits per heavy atom. The number of carbonyl (C=O) groups is 1. The quantitative estimate of drug-likeness (QED) is 0.167. The van der Waals surface area contributed by atoms with Gasteiger partial charge in [-0.05, 0) is 54.7 Å². The monoisotopic (exact) mass is 720 g/mol. The van der Waals surface area contributed by atoms with E-state index in [1.165, 1.54) is 30.3 Å². The van der Waals surface area contributed by atoms with Crippen LogP contribution in [0.25, 0.3) is 0 Å². The number of hydrogen-bond acceptors (Lipinski definition) is 13. The number of aromatic nitrogens is 3. The topological polar surface area (TPSA) is 242 Å². The summed E-state index contributed by atoms with van der Waals surface area (Å²) in [5.41, 5.74) is 26.4. The Hall–Kier alpha value is -4.34. The van der Waals surface area contributed by atoms with Gasteiger partial charge in [-0.2, -0.15) is 28.1 Å². The van der Waals surface area contributed by atoms with Crippen molar-refractivity contribution in [3.8, 4) is 5.75 Å². The third-order valence-corrected chi connectivity index (χ3v) is 9.50. The molecule has 0 saturated carbocycles. The zero-order chi connectivity index (χ0) is 35.9. The van der Waals surface area contributed by atoms with Gasteiger partial charge in [-0.25, -0.2) is 8.51 Å². The van der Waals surface area contributed by atoms with E-state index in [2.05, 4.69) is 15.3 Å². The lowest BCUT2D eigenvalue weighted by Crippen LogP contribution is -2.54. The fourth-order valence-corrected chi connectivity index (χ4v) is 7.23. The van der Waals surface area contributed by atoms with Crippen molar-refractivity contribution in [2.75, 3.05) is 52.1 Å². The first kappa shape index (κ1) is 35.5. The number of benzene rings is 2. The predicted octanol–water partition coefficient (Wildman–Crippen LogP) is 0.772. The minimum Gasteiger partial charge on any atom is -0.506 e. The molecular weight excluding hydrogens is 681 g/mol. The Labute approximate surface area is 288 Å². The first-order valence-electron chi connectivity index (χ1n) is 15.9. The molecule has 1 aromatic heterocycles. The first-order valence-corrected chi connectivity index (χ1v) is 17.0. The van der Waals surface area contributed by atoms with Crippen LogP contribution in [0, 0.1) is 0 Å². The van der Waals surface area contributed by atoms with E-state index in [1.807, 2.05) is 9.80 Å². The van der Waals surface area contributed by atoms with Gasteiger partial charge in [0.05, 0.1) is 11.4 Å². The van der Waals surface area contributed by atoms with Crippen molar-refractivity contribution in [3.63, 3.8) is 0 Å². The molecule has 0 aliphatic carbocycles. The number of hydrogen-bond donors (Lipinski definition) is 7. The third-order valence-electron chi connectivity index (χ3n) is 8.78. The molecule has 0 radical (unpaired) electrons. The largest absolute Gasteiger partial charge is 0.506 e. The number of piperidine rings is 2. The van der Waals surface area contributed by atoms with E-state index in [9.17, 15) is 31.8 Å². The number of carbonyl (C=O) groups excluding carboxylic acids is 1. The van der Waals surface area contributed by atoms with Gasteiger partial charge in [-0.15, -0.1) is 0 Å². The normalized spacial score (nSPS) is 23.3. The van der Waals surface area contributed by atoms with Crippen LogP contribution < -0.4 is 42.4 Å². The van der Waals surface area contributed by atoms with Crippen LogP contribution in [-0.4, -0.2) is 103 Å². The molecule has 11 N–H and O–H groups in total. The van der Waals surface area contributed by atoms with E-state index >= 15 is 0 Å². The van der Waals surface area contributed by atoms with Gasteiger partial charge < -0.3 is 48.1 Å². The van der Waals surface area contributed by atoms with Gasteiger partial charge in [0.25, 0.3) is 11.3 Å². The smallest absolute Gasteiger partial charge is 0.471 e. The lowest BCUT2D eigenvalue weighted by atomic mass is 9.99.